The maximum atomic E-state index is 5.66. The minimum atomic E-state index is 0.381. The smallest absolute Gasteiger partial charge is 0.136 e. The first-order valence-electron chi connectivity index (χ1n) is 6.40. The second kappa shape index (κ2) is 8.00. The highest BCUT2D eigenvalue weighted by Gasteiger charge is 2.06. The van der Waals surface area contributed by atoms with E-state index >= 15 is 0 Å². The third-order valence-electron chi connectivity index (χ3n) is 2.78. The number of nitrogens with one attached hydrogen (secondary N) is 1. The summed E-state index contributed by atoms with van der Waals surface area (Å²) in [5.74, 6) is 0.776. The highest BCUT2D eigenvalue weighted by Crippen LogP contribution is 2.10. The lowest BCUT2D eigenvalue weighted by molar-refractivity contribution is 0.300. The zero-order chi connectivity index (χ0) is 13.4. The second-order valence-electron chi connectivity index (χ2n) is 4.12. The van der Waals surface area contributed by atoms with Gasteiger partial charge in [-0.05, 0) is 31.6 Å². The Morgan fingerprint density at radius 2 is 2.22 bits per heavy atom. The lowest BCUT2D eigenvalue weighted by Crippen LogP contribution is -2.30. The molecule has 18 heavy (non-hydrogen) atoms. The monoisotopic (exact) mass is 266 g/mol. The van der Waals surface area contributed by atoms with E-state index in [0.29, 0.717) is 4.99 Å². The van der Waals surface area contributed by atoms with E-state index in [9.17, 15) is 0 Å². The van der Waals surface area contributed by atoms with Gasteiger partial charge < -0.3 is 16.0 Å². The van der Waals surface area contributed by atoms with Crippen molar-refractivity contribution in [3.8, 4) is 0 Å². The minimum absolute atomic E-state index is 0.381. The molecule has 1 aromatic rings. The molecule has 0 aromatic carbocycles. The van der Waals surface area contributed by atoms with Gasteiger partial charge in [0.05, 0.1) is 5.56 Å². The van der Waals surface area contributed by atoms with Crippen LogP contribution in [0.4, 0.5) is 5.82 Å². The summed E-state index contributed by atoms with van der Waals surface area (Å²) in [4.78, 5) is 7.05. The Labute approximate surface area is 115 Å². The van der Waals surface area contributed by atoms with Gasteiger partial charge >= 0.3 is 0 Å². The van der Waals surface area contributed by atoms with Gasteiger partial charge in [-0.15, -0.1) is 0 Å². The lowest BCUT2D eigenvalue weighted by atomic mass is 10.2. The van der Waals surface area contributed by atoms with Crippen LogP contribution in [-0.4, -0.2) is 41.1 Å². The van der Waals surface area contributed by atoms with E-state index in [1.54, 1.807) is 6.20 Å². The second-order valence-corrected chi connectivity index (χ2v) is 4.56. The third-order valence-corrected chi connectivity index (χ3v) is 3.00. The zero-order valence-electron chi connectivity index (χ0n) is 11.1. The van der Waals surface area contributed by atoms with Crippen molar-refractivity contribution < 1.29 is 0 Å². The molecule has 1 aromatic heterocycles. The summed E-state index contributed by atoms with van der Waals surface area (Å²) in [7, 11) is 0. The van der Waals surface area contributed by atoms with Gasteiger partial charge in [0.1, 0.15) is 10.8 Å². The molecule has 0 saturated carbocycles. The van der Waals surface area contributed by atoms with E-state index in [0.717, 1.165) is 37.6 Å². The number of nitrogens with zero attached hydrogens (tertiary/aromatic N) is 2. The highest BCUT2D eigenvalue weighted by atomic mass is 32.1. The summed E-state index contributed by atoms with van der Waals surface area (Å²) in [5, 5.41) is 3.30. The van der Waals surface area contributed by atoms with E-state index in [2.05, 4.69) is 29.0 Å². The molecule has 0 amide bonds. The molecule has 0 unspecified atom stereocenters. The van der Waals surface area contributed by atoms with Crippen LogP contribution in [0.25, 0.3) is 0 Å². The molecule has 0 spiro atoms. The number of anilines is 1. The van der Waals surface area contributed by atoms with Crippen molar-refractivity contribution in [1.82, 2.24) is 9.88 Å². The molecule has 1 rings (SSSR count). The maximum absolute atomic E-state index is 5.66. The van der Waals surface area contributed by atoms with E-state index in [4.69, 9.17) is 18.0 Å². The fourth-order valence-corrected chi connectivity index (χ4v) is 1.99. The predicted molar refractivity (Wildman–Crippen MR) is 81.0 cm³/mol. The number of hydrogen-bond donors (Lipinski definition) is 2. The van der Waals surface area contributed by atoms with E-state index in [-0.39, 0.29) is 0 Å². The number of aromatic nitrogens is 1. The lowest BCUT2D eigenvalue weighted by Gasteiger charge is -2.20. The molecule has 3 N–H and O–H groups in total. The third kappa shape index (κ3) is 4.58. The van der Waals surface area contributed by atoms with Gasteiger partial charge in [-0.2, -0.15) is 0 Å². The van der Waals surface area contributed by atoms with Gasteiger partial charge in [-0.1, -0.05) is 26.1 Å². The first-order chi connectivity index (χ1) is 8.69. The largest absolute Gasteiger partial charge is 0.389 e. The fourth-order valence-electron chi connectivity index (χ4n) is 1.82. The van der Waals surface area contributed by atoms with Crippen molar-refractivity contribution in [2.24, 2.45) is 5.73 Å². The molecule has 100 valence electrons. The quantitative estimate of drug-likeness (QED) is 0.703. The first kappa shape index (κ1) is 14.9. The average Bonchev–Trinajstić information content (AvgIpc) is 2.38. The van der Waals surface area contributed by atoms with Crippen molar-refractivity contribution in [3.63, 3.8) is 0 Å². The Kier molecular flexibility index (Phi) is 6.60. The molecule has 1 heterocycles. The minimum Gasteiger partial charge on any atom is -0.389 e. The molecule has 5 heteroatoms. The molecule has 0 bridgehead atoms. The number of nitrogens with two attached hydrogens (primary N) is 1. The standard InChI is InChI=1S/C13H22N4S/c1-3-9-17(4-2)10-8-16-13-11(12(14)18)6-5-7-15-13/h5-7H,3-4,8-10H2,1-2H3,(H2,14,18)(H,15,16). The number of thiocarbonyl (C=S) groups is 1. The Hall–Kier alpha value is -1.20. The molecule has 0 fully saturated rings. The summed E-state index contributed by atoms with van der Waals surface area (Å²) in [6, 6.07) is 3.73. The van der Waals surface area contributed by atoms with Crippen LogP contribution in [0.3, 0.4) is 0 Å². The van der Waals surface area contributed by atoms with Crippen LogP contribution < -0.4 is 11.1 Å². The zero-order valence-corrected chi connectivity index (χ0v) is 12.0. The molecule has 0 aliphatic heterocycles. The topological polar surface area (TPSA) is 54.2 Å². The Morgan fingerprint density at radius 3 is 2.83 bits per heavy atom. The van der Waals surface area contributed by atoms with Gasteiger partial charge in [0.25, 0.3) is 0 Å². The van der Waals surface area contributed by atoms with Gasteiger partial charge in [0.2, 0.25) is 0 Å². The van der Waals surface area contributed by atoms with Crippen LogP contribution in [0.5, 0.6) is 0 Å². The first-order valence-corrected chi connectivity index (χ1v) is 6.80. The average molecular weight is 266 g/mol. The SMILES string of the molecule is CCCN(CC)CCNc1ncccc1C(N)=S. The van der Waals surface area contributed by atoms with Gasteiger partial charge in [0.15, 0.2) is 0 Å². The van der Waals surface area contributed by atoms with Crippen LogP contribution in [-0.2, 0) is 0 Å². The highest BCUT2D eigenvalue weighted by molar-refractivity contribution is 7.80. The van der Waals surface area contributed by atoms with Gasteiger partial charge in [-0.3, -0.25) is 0 Å². The Morgan fingerprint density at radius 1 is 1.44 bits per heavy atom. The van der Waals surface area contributed by atoms with Crippen LogP contribution in [0.1, 0.15) is 25.8 Å². The molecular formula is C13H22N4S. The number of likely N-dealkylation sites (N-methyl/N-ethyl adjacent to an activating group) is 1. The van der Waals surface area contributed by atoms with E-state index < -0.39 is 0 Å². The molecular weight excluding hydrogens is 244 g/mol. The normalized spacial score (nSPS) is 10.6. The predicted octanol–water partition coefficient (Wildman–Crippen LogP) is 1.86. The van der Waals surface area contributed by atoms with Crippen molar-refractivity contribution in [1.29, 1.82) is 0 Å². The molecule has 0 radical (unpaired) electrons. The summed E-state index contributed by atoms with van der Waals surface area (Å²) in [6.45, 7) is 8.41. The maximum Gasteiger partial charge on any atom is 0.136 e. The molecule has 4 nitrogen and oxygen atoms in total. The Balaban J connectivity index is 2.50. The Bertz CT molecular complexity index is 381. The van der Waals surface area contributed by atoms with Crippen molar-refractivity contribution in [3.05, 3.63) is 23.9 Å². The number of pyridine rings is 1. The van der Waals surface area contributed by atoms with Crippen LogP contribution in [0, 0.1) is 0 Å². The summed E-state index contributed by atoms with van der Waals surface area (Å²) >= 11 is 5.00. The van der Waals surface area contributed by atoms with Gasteiger partial charge in [0, 0.05) is 19.3 Å². The van der Waals surface area contributed by atoms with Crippen molar-refractivity contribution in [2.75, 3.05) is 31.5 Å². The number of rotatable bonds is 8. The molecule has 0 saturated heterocycles. The van der Waals surface area contributed by atoms with Crippen LogP contribution in [0.2, 0.25) is 0 Å². The molecule has 0 aliphatic rings. The molecule has 0 aliphatic carbocycles. The van der Waals surface area contributed by atoms with Crippen LogP contribution in [0.15, 0.2) is 18.3 Å². The van der Waals surface area contributed by atoms with Crippen molar-refractivity contribution in [2.45, 2.75) is 20.3 Å². The van der Waals surface area contributed by atoms with Crippen LogP contribution >= 0.6 is 12.2 Å². The molecule has 0 atom stereocenters. The fraction of sp³-hybridized carbons (Fsp3) is 0.538. The van der Waals surface area contributed by atoms with E-state index in [1.165, 1.54) is 6.42 Å². The van der Waals surface area contributed by atoms with Crippen molar-refractivity contribution >= 4 is 23.0 Å². The summed E-state index contributed by atoms with van der Waals surface area (Å²) in [5.41, 5.74) is 6.47. The summed E-state index contributed by atoms with van der Waals surface area (Å²) in [6.07, 6.45) is 2.92. The number of hydrogen-bond acceptors (Lipinski definition) is 4. The van der Waals surface area contributed by atoms with Gasteiger partial charge in [-0.25, -0.2) is 4.98 Å². The summed E-state index contributed by atoms with van der Waals surface area (Å²) < 4.78 is 0. The van der Waals surface area contributed by atoms with E-state index in [1.807, 2.05) is 12.1 Å².